The Morgan fingerprint density at radius 1 is 1.21 bits per heavy atom. The number of piperidine rings is 2. The van der Waals surface area contributed by atoms with Gasteiger partial charge in [0, 0.05) is 18.5 Å². The van der Waals surface area contributed by atoms with Crippen molar-refractivity contribution in [3.63, 3.8) is 0 Å². The summed E-state index contributed by atoms with van der Waals surface area (Å²) in [6.45, 7) is 4.15. The fourth-order valence-electron chi connectivity index (χ4n) is 3.37. The Kier molecular flexibility index (Phi) is 4.13. The van der Waals surface area contributed by atoms with Crippen molar-refractivity contribution in [2.24, 2.45) is 11.8 Å². The van der Waals surface area contributed by atoms with Crippen molar-refractivity contribution >= 4 is 17.2 Å². The minimum atomic E-state index is 0.116. The topological polar surface area (TPSA) is 45.2 Å². The molecule has 0 aromatic carbocycles. The molecule has 5 heteroatoms. The first-order chi connectivity index (χ1) is 9.34. The van der Waals surface area contributed by atoms with Crippen molar-refractivity contribution in [2.45, 2.75) is 25.7 Å². The second kappa shape index (κ2) is 6.01. The van der Waals surface area contributed by atoms with Gasteiger partial charge >= 0.3 is 0 Å². The third-order valence-corrected chi connectivity index (χ3v) is 5.12. The average Bonchev–Trinajstić information content (AvgIpc) is 3.02. The van der Waals surface area contributed by atoms with Crippen molar-refractivity contribution in [1.82, 2.24) is 15.2 Å². The van der Waals surface area contributed by atoms with Crippen LogP contribution in [0.3, 0.4) is 0 Å². The highest BCUT2D eigenvalue weighted by Gasteiger charge is 2.29. The van der Waals surface area contributed by atoms with Gasteiger partial charge in [-0.25, -0.2) is 4.98 Å². The summed E-state index contributed by atoms with van der Waals surface area (Å²) in [7, 11) is 0. The highest BCUT2D eigenvalue weighted by molar-refractivity contribution is 7.07. The molecule has 2 saturated heterocycles. The summed E-state index contributed by atoms with van der Waals surface area (Å²) >= 11 is 1.49. The van der Waals surface area contributed by atoms with Crippen LogP contribution < -0.4 is 5.32 Å². The van der Waals surface area contributed by atoms with E-state index in [1.165, 1.54) is 50.1 Å². The van der Waals surface area contributed by atoms with E-state index in [1.54, 1.807) is 5.51 Å². The van der Waals surface area contributed by atoms with Gasteiger partial charge in [0.1, 0.15) is 5.69 Å². The second-order valence-electron chi connectivity index (χ2n) is 5.59. The van der Waals surface area contributed by atoms with Gasteiger partial charge in [0.25, 0.3) is 5.91 Å². The Morgan fingerprint density at radius 2 is 1.89 bits per heavy atom. The van der Waals surface area contributed by atoms with Gasteiger partial charge in [-0.05, 0) is 50.6 Å². The van der Waals surface area contributed by atoms with Crippen LogP contribution in [0.4, 0.5) is 0 Å². The van der Waals surface area contributed by atoms with Gasteiger partial charge in [-0.2, -0.15) is 0 Å². The molecule has 0 atom stereocenters. The Morgan fingerprint density at radius 3 is 2.53 bits per heavy atom. The molecule has 0 unspecified atom stereocenters. The predicted molar refractivity (Wildman–Crippen MR) is 76.3 cm³/mol. The zero-order chi connectivity index (χ0) is 13.1. The fraction of sp³-hybridized carbons (Fsp3) is 0.714. The lowest BCUT2D eigenvalue weighted by Gasteiger charge is -2.37. The SMILES string of the molecule is O=C(c1cscn1)N1CCC(C2CCNCC2)CC1. The molecule has 2 aliphatic heterocycles. The van der Waals surface area contributed by atoms with Gasteiger partial charge in [0.2, 0.25) is 0 Å². The fourth-order valence-corrected chi connectivity index (χ4v) is 3.90. The Balaban J connectivity index is 1.53. The lowest BCUT2D eigenvalue weighted by atomic mass is 9.79. The van der Waals surface area contributed by atoms with Crippen LogP contribution in [0.2, 0.25) is 0 Å². The first-order valence-corrected chi connectivity index (χ1v) is 8.17. The maximum atomic E-state index is 12.2. The third-order valence-electron chi connectivity index (χ3n) is 4.53. The lowest BCUT2D eigenvalue weighted by Crippen LogP contribution is -2.42. The van der Waals surface area contributed by atoms with Gasteiger partial charge in [0.15, 0.2) is 0 Å². The van der Waals surface area contributed by atoms with Gasteiger partial charge in [0.05, 0.1) is 5.51 Å². The molecule has 0 saturated carbocycles. The Hall–Kier alpha value is -0.940. The molecule has 1 amide bonds. The number of carbonyl (C=O) groups excluding carboxylic acids is 1. The first kappa shape index (κ1) is 13.1. The van der Waals surface area contributed by atoms with Crippen LogP contribution in [0.15, 0.2) is 10.9 Å². The van der Waals surface area contributed by atoms with E-state index < -0.39 is 0 Å². The van der Waals surface area contributed by atoms with Crippen LogP contribution in [0.5, 0.6) is 0 Å². The summed E-state index contributed by atoms with van der Waals surface area (Å²) in [6.07, 6.45) is 4.95. The minimum Gasteiger partial charge on any atom is -0.337 e. The van der Waals surface area contributed by atoms with Crippen molar-refractivity contribution < 1.29 is 4.79 Å². The smallest absolute Gasteiger partial charge is 0.273 e. The summed E-state index contributed by atoms with van der Waals surface area (Å²) in [6, 6.07) is 0. The largest absolute Gasteiger partial charge is 0.337 e. The number of aromatic nitrogens is 1. The van der Waals surface area contributed by atoms with E-state index in [2.05, 4.69) is 10.3 Å². The summed E-state index contributed by atoms with van der Waals surface area (Å²) in [5.74, 6) is 1.81. The maximum Gasteiger partial charge on any atom is 0.273 e. The van der Waals surface area contributed by atoms with Crippen LogP contribution in [-0.2, 0) is 0 Å². The van der Waals surface area contributed by atoms with E-state index in [4.69, 9.17) is 0 Å². The van der Waals surface area contributed by atoms with Crippen molar-refractivity contribution in [2.75, 3.05) is 26.2 Å². The predicted octanol–water partition coefficient (Wildman–Crippen LogP) is 1.99. The number of nitrogens with zero attached hydrogens (tertiary/aromatic N) is 2. The number of likely N-dealkylation sites (tertiary alicyclic amines) is 1. The molecule has 0 spiro atoms. The standard InChI is InChI=1S/C14H21N3OS/c18-14(13-9-19-10-16-13)17-7-3-12(4-8-17)11-1-5-15-6-2-11/h9-12,15H,1-8H2. The number of hydrogen-bond donors (Lipinski definition) is 1. The van der Waals surface area contributed by atoms with E-state index in [0.29, 0.717) is 5.69 Å². The Bertz CT molecular complexity index is 406. The zero-order valence-corrected chi connectivity index (χ0v) is 12.0. The van der Waals surface area contributed by atoms with Crippen molar-refractivity contribution in [1.29, 1.82) is 0 Å². The number of nitrogens with one attached hydrogen (secondary N) is 1. The van der Waals surface area contributed by atoms with Crippen LogP contribution >= 0.6 is 11.3 Å². The summed E-state index contributed by atoms with van der Waals surface area (Å²) in [4.78, 5) is 18.3. The van der Waals surface area contributed by atoms with E-state index in [1.807, 2.05) is 10.3 Å². The highest BCUT2D eigenvalue weighted by Crippen LogP contribution is 2.31. The molecular weight excluding hydrogens is 258 g/mol. The van der Waals surface area contributed by atoms with E-state index >= 15 is 0 Å². The molecule has 3 rings (SSSR count). The molecule has 2 fully saturated rings. The van der Waals surface area contributed by atoms with Crippen molar-refractivity contribution in [3.05, 3.63) is 16.6 Å². The molecule has 0 aliphatic carbocycles. The van der Waals surface area contributed by atoms with Crippen LogP contribution in [0.25, 0.3) is 0 Å². The number of carbonyl (C=O) groups is 1. The van der Waals surface area contributed by atoms with Gasteiger partial charge < -0.3 is 10.2 Å². The molecule has 1 aromatic rings. The molecule has 1 aromatic heterocycles. The van der Waals surface area contributed by atoms with Gasteiger partial charge in [-0.15, -0.1) is 11.3 Å². The zero-order valence-electron chi connectivity index (χ0n) is 11.2. The quantitative estimate of drug-likeness (QED) is 0.900. The lowest BCUT2D eigenvalue weighted by molar-refractivity contribution is 0.0637. The molecule has 4 nitrogen and oxygen atoms in total. The molecule has 19 heavy (non-hydrogen) atoms. The van der Waals surface area contributed by atoms with E-state index in [-0.39, 0.29) is 5.91 Å². The first-order valence-electron chi connectivity index (χ1n) is 7.23. The molecule has 3 heterocycles. The molecule has 1 N–H and O–H groups in total. The molecule has 0 bridgehead atoms. The maximum absolute atomic E-state index is 12.2. The van der Waals surface area contributed by atoms with Gasteiger partial charge in [-0.1, -0.05) is 0 Å². The summed E-state index contributed by atoms with van der Waals surface area (Å²) in [5.41, 5.74) is 2.35. The monoisotopic (exact) mass is 279 g/mol. The number of rotatable bonds is 2. The molecule has 0 radical (unpaired) electrons. The summed E-state index contributed by atoms with van der Waals surface area (Å²) in [5, 5.41) is 5.28. The van der Waals surface area contributed by atoms with E-state index in [0.717, 1.165) is 24.9 Å². The average molecular weight is 279 g/mol. The molecular formula is C14H21N3OS. The number of amides is 1. The second-order valence-corrected chi connectivity index (χ2v) is 6.31. The van der Waals surface area contributed by atoms with Crippen molar-refractivity contribution in [3.8, 4) is 0 Å². The molecule has 104 valence electrons. The number of hydrogen-bond acceptors (Lipinski definition) is 4. The van der Waals surface area contributed by atoms with Crippen LogP contribution in [-0.4, -0.2) is 42.0 Å². The van der Waals surface area contributed by atoms with Gasteiger partial charge in [-0.3, -0.25) is 4.79 Å². The third kappa shape index (κ3) is 2.98. The van der Waals surface area contributed by atoms with Crippen LogP contribution in [0.1, 0.15) is 36.2 Å². The normalized spacial score (nSPS) is 22.6. The number of thiazole rings is 1. The highest BCUT2D eigenvalue weighted by atomic mass is 32.1. The molecule has 2 aliphatic rings. The van der Waals surface area contributed by atoms with Crippen LogP contribution in [0, 0.1) is 11.8 Å². The summed E-state index contributed by atoms with van der Waals surface area (Å²) < 4.78 is 0. The minimum absolute atomic E-state index is 0.116. The Labute approximate surface area is 118 Å². The van der Waals surface area contributed by atoms with E-state index in [9.17, 15) is 4.79 Å².